The van der Waals surface area contributed by atoms with Crippen LogP contribution in [-0.4, -0.2) is 33.9 Å². The number of rotatable bonds is 1. The Hall–Kier alpha value is -1.36. The lowest BCUT2D eigenvalue weighted by Crippen LogP contribution is -2.40. The predicted octanol–water partition coefficient (Wildman–Crippen LogP) is -0.840. The third kappa shape index (κ3) is 0.902. The maximum absolute atomic E-state index is 11.2. The van der Waals surface area contributed by atoms with Crippen molar-refractivity contribution in [2.75, 3.05) is 13.2 Å². The molecule has 2 N–H and O–H groups in total. The molecular weight excluding hydrogens is 158 g/mol. The first-order valence-corrected chi connectivity index (χ1v) is 3.75. The molecule has 0 aromatic carbocycles. The molecule has 1 unspecified atom stereocenters. The minimum atomic E-state index is -0.128. The van der Waals surface area contributed by atoms with Crippen molar-refractivity contribution < 1.29 is 9.90 Å². The van der Waals surface area contributed by atoms with E-state index in [9.17, 15) is 4.79 Å². The van der Waals surface area contributed by atoms with Gasteiger partial charge in [0.1, 0.15) is 5.69 Å². The number of aliphatic hydroxyl groups excluding tert-OH is 1. The van der Waals surface area contributed by atoms with Crippen molar-refractivity contribution in [2.24, 2.45) is 0 Å². The van der Waals surface area contributed by atoms with Crippen molar-refractivity contribution in [2.45, 2.75) is 6.04 Å². The largest absolute Gasteiger partial charge is 0.394 e. The van der Waals surface area contributed by atoms with E-state index >= 15 is 0 Å². The molecule has 1 aliphatic heterocycles. The molecule has 1 aromatic rings. The summed E-state index contributed by atoms with van der Waals surface area (Å²) in [6, 6.07) is 1.52. The number of nitrogens with one attached hydrogen (secondary N) is 1. The molecule has 0 fully saturated rings. The quantitative estimate of drug-likeness (QED) is 0.573. The average molecular weight is 167 g/mol. The number of nitrogens with zero attached hydrogens (tertiary/aromatic N) is 2. The molecule has 1 atom stereocenters. The van der Waals surface area contributed by atoms with E-state index in [0.717, 1.165) is 0 Å². The smallest absolute Gasteiger partial charge is 0.269 e. The van der Waals surface area contributed by atoms with E-state index in [2.05, 4.69) is 10.4 Å². The maximum Gasteiger partial charge on any atom is 0.269 e. The average Bonchev–Trinajstić information content (AvgIpc) is 2.54. The van der Waals surface area contributed by atoms with Crippen LogP contribution in [0, 0.1) is 0 Å². The van der Waals surface area contributed by atoms with Gasteiger partial charge in [0.2, 0.25) is 0 Å². The Morgan fingerprint density at radius 2 is 2.67 bits per heavy atom. The van der Waals surface area contributed by atoms with Crippen molar-refractivity contribution in [1.82, 2.24) is 15.1 Å². The van der Waals surface area contributed by atoms with Crippen molar-refractivity contribution in [3.63, 3.8) is 0 Å². The molecule has 1 amide bonds. The zero-order valence-electron chi connectivity index (χ0n) is 6.40. The van der Waals surface area contributed by atoms with Crippen molar-refractivity contribution >= 4 is 5.91 Å². The zero-order chi connectivity index (χ0) is 8.55. The normalized spacial score (nSPS) is 21.8. The molecular formula is C7H9N3O2. The van der Waals surface area contributed by atoms with E-state index in [1.807, 2.05) is 0 Å². The summed E-state index contributed by atoms with van der Waals surface area (Å²) in [6.07, 6.45) is 1.56. The summed E-state index contributed by atoms with van der Waals surface area (Å²) in [6.45, 7) is 0.443. The van der Waals surface area contributed by atoms with Gasteiger partial charge in [-0.05, 0) is 6.07 Å². The van der Waals surface area contributed by atoms with Gasteiger partial charge in [-0.25, -0.2) is 0 Å². The van der Waals surface area contributed by atoms with E-state index < -0.39 is 0 Å². The van der Waals surface area contributed by atoms with Gasteiger partial charge in [-0.3, -0.25) is 9.48 Å². The molecule has 5 nitrogen and oxygen atoms in total. The van der Waals surface area contributed by atoms with E-state index in [1.165, 1.54) is 0 Å². The minimum Gasteiger partial charge on any atom is -0.394 e. The van der Waals surface area contributed by atoms with Crippen molar-refractivity contribution in [3.8, 4) is 0 Å². The summed E-state index contributed by atoms with van der Waals surface area (Å²) in [4.78, 5) is 11.2. The fourth-order valence-electron chi connectivity index (χ4n) is 1.31. The molecule has 0 radical (unpaired) electrons. The maximum atomic E-state index is 11.2. The molecule has 1 aliphatic rings. The number of aromatic nitrogens is 2. The Kier molecular flexibility index (Phi) is 1.58. The summed E-state index contributed by atoms with van der Waals surface area (Å²) in [7, 11) is 0. The highest BCUT2D eigenvalue weighted by molar-refractivity contribution is 5.93. The molecule has 2 rings (SSSR count). The second-order valence-corrected chi connectivity index (χ2v) is 2.71. The van der Waals surface area contributed by atoms with Crippen LogP contribution < -0.4 is 5.32 Å². The molecule has 1 aromatic heterocycles. The first-order valence-electron chi connectivity index (χ1n) is 3.75. The van der Waals surface area contributed by atoms with Crippen LogP contribution >= 0.6 is 0 Å². The van der Waals surface area contributed by atoms with E-state index in [-0.39, 0.29) is 18.6 Å². The van der Waals surface area contributed by atoms with Gasteiger partial charge < -0.3 is 10.4 Å². The number of amides is 1. The van der Waals surface area contributed by atoms with Crippen LogP contribution in [0.15, 0.2) is 12.3 Å². The number of carbonyl (C=O) groups excluding carboxylic acids is 1. The van der Waals surface area contributed by atoms with Gasteiger partial charge in [-0.2, -0.15) is 5.10 Å². The van der Waals surface area contributed by atoms with Crippen LogP contribution in [0.25, 0.3) is 0 Å². The summed E-state index contributed by atoms with van der Waals surface area (Å²) >= 11 is 0. The summed E-state index contributed by atoms with van der Waals surface area (Å²) in [5.41, 5.74) is 0.514. The highest BCUT2D eigenvalue weighted by Gasteiger charge is 2.24. The molecule has 0 aliphatic carbocycles. The Morgan fingerprint density at radius 3 is 3.42 bits per heavy atom. The van der Waals surface area contributed by atoms with Crippen LogP contribution in [0.4, 0.5) is 0 Å². The Morgan fingerprint density at radius 1 is 1.83 bits per heavy atom. The van der Waals surface area contributed by atoms with Crippen LogP contribution in [0.2, 0.25) is 0 Å². The lowest BCUT2D eigenvalue weighted by Gasteiger charge is -2.22. The van der Waals surface area contributed by atoms with Crippen LogP contribution in [0.3, 0.4) is 0 Å². The summed E-state index contributed by atoms with van der Waals surface area (Å²) in [5, 5.41) is 15.6. The van der Waals surface area contributed by atoms with Gasteiger partial charge in [0, 0.05) is 12.7 Å². The Balaban J connectivity index is 2.42. The van der Waals surface area contributed by atoms with Gasteiger partial charge in [0.25, 0.3) is 5.91 Å². The molecule has 0 spiro atoms. The Labute approximate surface area is 69.0 Å². The van der Waals surface area contributed by atoms with E-state index in [0.29, 0.717) is 12.2 Å². The molecule has 12 heavy (non-hydrogen) atoms. The number of hydrogen-bond acceptors (Lipinski definition) is 3. The van der Waals surface area contributed by atoms with Gasteiger partial charge in [0.15, 0.2) is 0 Å². The van der Waals surface area contributed by atoms with Crippen molar-refractivity contribution in [1.29, 1.82) is 0 Å². The van der Waals surface area contributed by atoms with Crippen LogP contribution in [-0.2, 0) is 0 Å². The predicted molar refractivity (Wildman–Crippen MR) is 40.7 cm³/mol. The topological polar surface area (TPSA) is 67.2 Å². The monoisotopic (exact) mass is 167 g/mol. The lowest BCUT2D eigenvalue weighted by molar-refractivity contribution is 0.0888. The first-order chi connectivity index (χ1) is 5.83. The van der Waals surface area contributed by atoms with Gasteiger partial charge >= 0.3 is 0 Å². The summed E-state index contributed by atoms with van der Waals surface area (Å²) < 4.78 is 1.55. The standard InChI is InChI=1S/C7H9N3O2/c11-4-5-3-8-7(12)6-1-2-9-10(5)6/h1-2,5,11H,3-4H2,(H,8,12). The second kappa shape index (κ2) is 2.60. The third-order valence-corrected chi connectivity index (χ3v) is 1.96. The zero-order valence-corrected chi connectivity index (χ0v) is 6.40. The van der Waals surface area contributed by atoms with Gasteiger partial charge in [-0.1, -0.05) is 0 Å². The Bertz CT molecular complexity index is 307. The van der Waals surface area contributed by atoms with Gasteiger partial charge in [0.05, 0.1) is 12.6 Å². The molecule has 64 valence electrons. The van der Waals surface area contributed by atoms with E-state index in [4.69, 9.17) is 5.11 Å². The molecule has 0 bridgehead atoms. The number of hydrogen-bond donors (Lipinski definition) is 2. The molecule has 5 heteroatoms. The molecule has 0 saturated carbocycles. The fourth-order valence-corrected chi connectivity index (χ4v) is 1.31. The number of aliphatic hydroxyl groups is 1. The van der Waals surface area contributed by atoms with Crippen molar-refractivity contribution in [3.05, 3.63) is 18.0 Å². The first kappa shape index (κ1) is 7.30. The second-order valence-electron chi connectivity index (χ2n) is 2.71. The number of fused-ring (bicyclic) bond motifs is 1. The minimum absolute atomic E-state index is 0.00500. The highest BCUT2D eigenvalue weighted by Crippen LogP contribution is 2.12. The van der Waals surface area contributed by atoms with E-state index in [1.54, 1.807) is 16.9 Å². The molecule has 0 saturated heterocycles. The summed E-state index contributed by atoms with van der Waals surface area (Å²) in [5.74, 6) is -0.128. The van der Waals surface area contributed by atoms with Gasteiger partial charge in [-0.15, -0.1) is 0 Å². The number of carbonyl (C=O) groups is 1. The van der Waals surface area contributed by atoms with Crippen LogP contribution in [0.5, 0.6) is 0 Å². The SMILES string of the molecule is O=C1NCC(CO)n2nccc21. The fraction of sp³-hybridized carbons (Fsp3) is 0.429. The molecule has 2 heterocycles. The lowest BCUT2D eigenvalue weighted by atomic mass is 10.2. The highest BCUT2D eigenvalue weighted by atomic mass is 16.3. The third-order valence-electron chi connectivity index (χ3n) is 1.96. The van der Waals surface area contributed by atoms with Crippen LogP contribution in [0.1, 0.15) is 16.5 Å².